The van der Waals surface area contributed by atoms with Gasteiger partial charge in [0.05, 0.1) is 19.3 Å². The number of likely N-dealkylation sites (N-methyl/N-ethyl adjacent to an activating group) is 1. The van der Waals surface area contributed by atoms with Gasteiger partial charge in [0.25, 0.3) is 5.91 Å². The van der Waals surface area contributed by atoms with Crippen molar-refractivity contribution in [3.8, 4) is 11.5 Å². The molecule has 1 aromatic rings. The zero-order valence-electron chi connectivity index (χ0n) is 14.1. The molecule has 1 saturated heterocycles. The Labute approximate surface area is 141 Å². The minimum Gasteiger partial charge on any atom is -0.454 e. The number of nitrogens with zero attached hydrogens (tertiary/aromatic N) is 1. The van der Waals surface area contributed by atoms with E-state index in [1.54, 1.807) is 18.2 Å². The third kappa shape index (κ3) is 4.17. The summed E-state index contributed by atoms with van der Waals surface area (Å²) in [6.45, 7) is 2.76. The molecule has 0 radical (unpaired) electrons. The summed E-state index contributed by atoms with van der Waals surface area (Å²) in [5, 5.41) is 3.06. The van der Waals surface area contributed by atoms with Gasteiger partial charge < -0.3 is 29.2 Å². The average Bonchev–Trinajstić information content (AvgIpc) is 3.03. The van der Waals surface area contributed by atoms with Crippen molar-refractivity contribution in [2.24, 2.45) is 0 Å². The predicted molar refractivity (Wildman–Crippen MR) is 87.5 cm³/mol. The monoisotopic (exact) mass is 336 g/mol. The molecule has 0 spiro atoms. The predicted octanol–water partition coefficient (Wildman–Crippen LogP) is 0.881. The molecule has 132 valence electrons. The van der Waals surface area contributed by atoms with Gasteiger partial charge >= 0.3 is 0 Å². The first-order valence-electron chi connectivity index (χ1n) is 8.18. The maximum absolute atomic E-state index is 12.5. The van der Waals surface area contributed by atoms with Gasteiger partial charge in [0.2, 0.25) is 6.79 Å². The number of benzene rings is 1. The van der Waals surface area contributed by atoms with E-state index in [0.717, 1.165) is 13.0 Å². The number of amides is 1. The Bertz CT molecular complexity index is 578. The van der Waals surface area contributed by atoms with Crippen LogP contribution in [0, 0.1) is 0 Å². The lowest BCUT2D eigenvalue weighted by atomic mass is 10.0. The molecule has 1 aromatic carbocycles. The van der Waals surface area contributed by atoms with Crippen LogP contribution in [-0.4, -0.2) is 70.2 Å². The fraction of sp³-hybridized carbons (Fsp3) is 0.588. The lowest BCUT2D eigenvalue weighted by Crippen LogP contribution is -2.50. The van der Waals surface area contributed by atoms with E-state index in [4.69, 9.17) is 18.9 Å². The summed E-state index contributed by atoms with van der Waals surface area (Å²) in [4.78, 5) is 14.6. The Morgan fingerprint density at radius 2 is 2.17 bits per heavy atom. The van der Waals surface area contributed by atoms with Gasteiger partial charge in [0.1, 0.15) is 6.10 Å². The normalized spacial score (nSPS) is 22.6. The van der Waals surface area contributed by atoms with Gasteiger partial charge in [-0.05, 0) is 38.7 Å². The highest BCUT2D eigenvalue weighted by Crippen LogP contribution is 2.32. The number of ether oxygens (including phenoxy) is 4. The molecule has 1 amide bonds. The van der Waals surface area contributed by atoms with Gasteiger partial charge in [-0.25, -0.2) is 0 Å². The second-order valence-corrected chi connectivity index (χ2v) is 6.22. The van der Waals surface area contributed by atoms with Crippen molar-refractivity contribution in [3.63, 3.8) is 0 Å². The summed E-state index contributed by atoms with van der Waals surface area (Å²) < 4.78 is 22.0. The van der Waals surface area contributed by atoms with Gasteiger partial charge in [0, 0.05) is 18.7 Å². The van der Waals surface area contributed by atoms with Crippen molar-refractivity contribution in [1.82, 2.24) is 10.2 Å². The highest BCUT2D eigenvalue weighted by molar-refractivity contribution is 5.95. The first kappa shape index (κ1) is 17.0. The van der Waals surface area contributed by atoms with Crippen molar-refractivity contribution in [2.45, 2.75) is 18.6 Å². The number of nitrogens with one attached hydrogen (secondary N) is 1. The molecule has 3 rings (SSSR count). The molecule has 0 aromatic heterocycles. The molecule has 0 unspecified atom stereocenters. The van der Waals surface area contributed by atoms with E-state index in [1.807, 2.05) is 14.1 Å². The molecule has 0 aliphatic carbocycles. The van der Waals surface area contributed by atoms with Crippen molar-refractivity contribution in [3.05, 3.63) is 23.8 Å². The van der Waals surface area contributed by atoms with Gasteiger partial charge in [-0.15, -0.1) is 0 Å². The van der Waals surface area contributed by atoms with Crippen LogP contribution < -0.4 is 14.8 Å². The van der Waals surface area contributed by atoms with Crippen LogP contribution in [0.25, 0.3) is 0 Å². The third-order valence-corrected chi connectivity index (χ3v) is 4.13. The number of carbonyl (C=O) groups excluding carboxylic acids is 1. The quantitative estimate of drug-likeness (QED) is 0.832. The van der Waals surface area contributed by atoms with Gasteiger partial charge in [-0.2, -0.15) is 0 Å². The van der Waals surface area contributed by atoms with E-state index in [9.17, 15) is 4.79 Å². The molecular weight excluding hydrogens is 312 g/mol. The SMILES string of the molecule is CN(C)CCO[C@@H]1COCC[C@H]1NC(=O)c1ccc2c(c1)OCO2. The number of carbonyl (C=O) groups is 1. The summed E-state index contributed by atoms with van der Waals surface area (Å²) in [5.41, 5.74) is 0.554. The summed E-state index contributed by atoms with van der Waals surface area (Å²) in [6.07, 6.45) is 0.611. The lowest BCUT2D eigenvalue weighted by Gasteiger charge is -2.32. The van der Waals surface area contributed by atoms with Crippen molar-refractivity contribution >= 4 is 5.91 Å². The molecule has 0 saturated carbocycles. The summed E-state index contributed by atoms with van der Waals surface area (Å²) in [7, 11) is 4.00. The minimum absolute atomic E-state index is 0.0566. The van der Waals surface area contributed by atoms with Crippen LogP contribution >= 0.6 is 0 Å². The Balaban J connectivity index is 1.58. The molecule has 1 fully saturated rings. The van der Waals surface area contributed by atoms with E-state index in [0.29, 0.717) is 36.9 Å². The van der Waals surface area contributed by atoms with Crippen LogP contribution in [0.5, 0.6) is 11.5 Å². The van der Waals surface area contributed by atoms with Crippen molar-refractivity contribution in [2.75, 3.05) is 47.3 Å². The second kappa shape index (κ2) is 7.83. The molecule has 0 bridgehead atoms. The topological polar surface area (TPSA) is 69.3 Å². The van der Waals surface area contributed by atoms with Gasteiger partial charge in [0.15, 0.2) is 11.5 Å². The van der Waals surface area contributed by atoms with Crippen LogP contribution in [0.15, 0.2) is 18.2 Å². The van der Waals surface area contributed by atoms with Crippen LogP contribution in [0.1, 0.15) is 16.8 Å². The standard InChI is InChI=1S/C17H24N2O5/c1-19(2)6-8-22-16-10-21-7-5-13(16)18-17(20)12-3-4-14-15(9-12)24-11-23-14/h3-4,9,13,16H,5-8,10-11H2,1-2H3,(H,18,20)/t13-,16-/m1/s1. The molecule has 2 heterocycles. The summed E-state index contributed by atoms with van der Waals surface area (Å²) in [5.74, 6) is 1.14. The average molecular weight is 336 g/mol. The second-order valence-electron chi connectivity index (χ2n) is 6.22. The number of hydrogen-bond acceptors (Lipinski definition) is 6. The summed E-state index contributed by atoms with van der Waals surface area (Å²) in [6, 6.07) is 5.15. The molecule has 2 aliphatic rings. The molecule has 1 N–H and O–H groups in total. The third-order valence-electron chi connectivity index (χ3n) is 4.13. The first-order valence-corrected chi connectivity index (χ1v) is 8.18. The Morgan fingerprint density at radius 3 is 3.00 bits per heavy atom. The maximum Gasteiger partial charge on any atom is 0.251 e. The number of fused-ring (bicyclic) bond motifs is 1. The molecular formula is C17H24N2O5. The fourth-order valence-corrected chi connectivity index (χ4v) is 2.72. The van der Waals surface area contributed by atoms with E-state index in [2.05, 4.69) is 10.2 Å². The molecule has 2 atom stereocenters. The maximum atomic E-state index is 12.5. The summed E-state index contributed by atoms with van der Waals surface area (Å²) >= 11 is 0. The van der Waals surface area contributed by atoms with Crippen LogP contribution in [0.4, 0.5) is 0 Å². The largest absolute Gasteiger partial charge is 0.454 e. The minimum atomic E-state index is -0.138. The zero-order valence-corrected chi connectivity index (χ0v) is 14.1. The van der Waals surface area contributed by atoms with Crippen LogP contribution in [0.2, 0.25) is 0 Å². The van der Waals surface area contributed by atoms with Gasteiger partial charge in [-0.1, -0.05) is 0 Å². The van der Waals surface area contributed by atoms with Crippen LogP contribution in [0.3, 0.4) is 0 Å². The van der Waals surface area contributed by atoms with E-state index >= 15 is 0 Å². The van der Waals surface area contributed by atoms with E-state index < -0.39 is 0 Å². The zero-order chi connectivity index (χ0) is 16.9. The van der Waals surface area contributed by atoms with E-state index in [1.165, 1.54) is 0 Å². The van der Waals surface area contributed by atoms with E-state index in [-0.39, 0.29) is 24.8 Å². The lowest BCUT2D eigenvalue weighted by molar-refractivity contribution is -0.0690. The van der Waals surface area contributed by atoms with Crippen molar-refractivity contribution < 1.29 is 23.7 Å². The molecule has 7 heteroatoms. The number of hydrogen-bond donors (Lipinski definition) is 1. The highest BCUT2D eigenvalue weighted by atomic mass is 16.7. The first-order chi connectivity index (χ1) is 11.6. The number of rotatable bonds is 6. The van der Waals surface area contributed by atoms with Crippen molar-refractivity contribution in [1.29, 1.82) is 0 Å². The smallest absolute Gasteiger partial charge is 0.251 e. The Hall–Kier alpha value is -1.83. The fourth-order valence-electron chi connectivity index (χ4n) is 2.72. The molecule has 24 heavy (non-hydrogen) atoms. The molecule has 2 aliphatic heterocycles. The van der Waals surface area contributed by atoms with Crippen LogP contribution in [-0.2, 0) is 9.47 Å². The Kier molecular flexibility index (Phi) is 5.55. The Morgan fingerprint density at radius 1 is 1.33 bits per heavy atom. The van der Waals surface area contributed by atoms with Gasteiger partial charge in [-0.3, -0.25) is 4.79 Å². The molecule has 7 nitrogen and oxygen atoms in total. The highest BCUT2D eigenvalue weighted by Gasteiger charge is 2.28.